The summed E-state index contributed by atoms with van der Waals surface area (Å²) in [6.45, 7) is 9.26. The van der Waals surface area contributed by atoms with Crippen molar-refractivity contribution in [2.24, 2.45) is 11.8 Å². The SMILES string of the molecule is Cc1nc(NCC2CCOC2)nc(NC2(O)CCC(C(C)(C)O)C2O)c1-c1nc2c(C)nccc2s1. The summed E-state index contributed by atoms with van der Waals surface area (Å²) in [4.78, 5) is 18.6. The number of aromatic nitrogens is 4. The second kappa shape index (κ2) is 9.46. The molecule has 194 valence electrons. The van der Waals surface area contributed by atoms with Crippen LogP contribution in [0.2, 0.25) is 0 Å². The zero-order valence-corrected chi connectivity index (χ0v) is 21.9. The molecule has 4 heterocycles. The van der Waals surface area contributed by atoms with Crippen LogP contribution < -0.4 is 10.6 Å². The van der Waals surface area contributed by atoms with Crippen LogP contribution in [-0.2, 0) is 4.74 Å². The van der Waals surface area contributed by atoms with Gasteiger partial charge in [0.25, 0.3) is 0 Å². The Morgan fingerprint density at radius 3 is 2.67 bits per heavy atom. The molecule has 5 rings (SSSR count). The van der Waals surface area contributed by atoms with E-state index in [-0.39, 0.29) is 6.42 Å². The fourth-order valence-electron chi connectivity index (χ4n) is 5.16. The van der Waals surface area contributed by atoms with E-state index in [1.807, 2.05) is 19.9 Å². The topological polar surface area (TPSA) is 146 Å². The van der Waals surface area contributed by atoms with E-state index >= 15 is 0 Å². The predicted molar refractivity (Wildman–Crippen MR) is 139 cm³/mol. The summed E-state index contributed by atoms with van der Waals surface area (Å²) >= 11 is 1.50. The van der Waals surface area contributed by atoms with Crippen molar-refractivity contribution in [1.29, 1.82) is 0 Å². The van der Waals surface area contributed by atoms with Crippen molar-refractivity contribution >= 4 is 33.3 Å². The van der Waals surface area contributed by atoms with Gasteiger partial charge in [-0.3, -0.25) is 4.98 Å². The van der Waals surface area contributed by atoms with Crippen LogP contribution in [0.3, 0.4) is 0 Å². The lowest BCUT2D eigenvalue weighted by Gasteiger charge is -2.34. The molecule has 1 saturated heterocycles. The van der Waals surface area contributed by atoms with Crippen LogP contribution in [0.4, 0.5) is 11.8 Å². The molecule has 4 unspecified atom stereocenters. The first kappa shape index (κ1) is 25.2. The lowest BCUT2D eigenvalue weighted by Crippen LogP contribution is -2.51. The Bertz CT molecular complexity index is 1260. The molecule has 10 nitrogen and oxygen atoms in total. The number of ether oxygens (including phenoxy) is 1. The van der Waals surface area contributed by atoms with Gasteiger partial charge in [0.2, 0.25) is 5.95 Å². The van der Waals surface area contributed by atoms with Gasteiger partial charge in [-0.1, -0.05) is 0 Å². The number of hydrogen-bond acceptors (Lipinski definition) is 11. The summed E-state index contributed by atoms with van der Waals surface area (Å²) < 4.78 is 6.47. The number of thiazole rings is 1. The quantitative estimate of drug-likeness (QED) is 0.298. The first-order valence-electron chi connectivity index (χ1n) is 12.4. The Morgan fingerprint density at radius 1 is 1.19 bits per heavy atom. The highest BCUT2D eigenvalue weighted by Gasteiger charge is 2.52. The highest BCUT2D eigenvalue weighted by molar-refractivity contribution is 7.21. The van der Waals surface area contributed by atoms with E-state index in [2.05, 4.69) is 15.6 Å². The Hall–Kier alpha value is -2.44. The Balaban J connectivity index is 1.54. The van der Waals surface area contributed by atoms with E-state index in [4.69, 9.17) is 19.7 Å². The lowest BCUT2D eigenvalue weighted by molar-refractivity contribution is -0.0926. The smallest absolute Gasteiger partial charge is 0.224 e. The molecule has 1 aliphatic carbocycles. The van der Waals surface area contributed by atoms with Crippen LogP contribution in [0.1, 0.15) is 44.5 Å². The monoisotopic (exact) mass is 514 g/mol. The normalized spacial score (nSPS) is 26.6. The molecule has 0 bridgehead atoms. The maximum absolute atomic E-state index is 11.5. The van der Waals surface area contributed by atoms with Crippen LogP contribution >= 0.6 is 11.3 Å². The van der Waals surface area contributed by atoms with Gasteiger partial charge in [-0.25, -0.2) is 9.97 Å². The molecule has 1 saturated carbocycles. The van der Waals surface area contributed by atoms with Gasteiger partial charge in [-0.05, 0) is 53.0 Å². The van der Waals surface area contributed by atoms with Gasteiger partial charge in [-0.2, -0.15) is 4.98 Å². The number of rotatable bonds is 7. The summed E-state index contributed by atoms with van der Waals surface area (Å²) in [5.74, 6) is 0.714. The lowest BCUT2D eigenvalue weighted by atomic mass is 9.87. The zero-order chi connectivity index (χ0) is 25.7. The first-order chi connectivity index (χ1) is 17.0. The molecule has 11 heteroatoms. The number of hydrogen-bond donors (Lipinski definition) is 5. The van der Waals surface area contributed by atoms with Gasteiger partial charge in [0, 0.05) is 31.2 Å². The van der Waals surface area contributed by atoms with Crippen molar-refractivity contribution in [2.45, 2.75) is 64.4 Å². The van der Waals surface area contributed by atoms with Crippen LogP contribution in [-0.4, -0.2) is 72.4 Å². The number of anilines is 2. The fraction of sp³-hybridized carbons (Fsp3) is 0.600. The molecule has 0 radical (unpaired) electrons. The summed E-state index contributed by atoms with van der Waals surface area (Å²) in [6, 6.07) is 1.93. The predicted octanol–water partition coefficient (Wildman–Crippen LogP) is 2.86. The third-order valence-corrected chi connectivity index (χ3v) is 8.35. The van der Waals surface area contributed by atoms with Crippen molar-refractivity contribution in [1.82, 2.24) is 19.9 Å². The Kier molecular flexibility index (Phi) is 6.63. The summed E-state index contributed by atoms with van der Waals surface area (Å²) in [5, 5.41) is 40.2. The third kappa shape index (κ3) is 4.78. The largest absolute Gasteiger partial charge is 0.390 e. The zero-order valence-electron chi connectivity index (χ0n) is 21.1. The van der Waals surface area contributed by atoms with Crippen molar-refractivity contribution < 1.29 is 20.1 Å². The molecule has 3 aromatic rings. The van der Waals surface area contributed by atoms with E-state index in [0.29, 0.717) is 53.5 Å². The average molecular weight is 515 g/mol. The maximum Gasteiger partial charge on any atom is 0.224 e. The number of aliphatic hydroxyl groups excluding tert-OH is 1. The molecule has 36 heavy (non-hydrogen) atoms. The van der Waals surface area contributed by atoms with Crippen LogP contribution in [0.5, 0.6) is 0 Å². The number of aryl methyl sites for hydroxylation is 2. The minimum absolute atomic E-state index is 0.260. The Morgan fingerprint density at radius 2 is 2.00 bits per heavy atom. The van der Waals surface area contributed by atoms with Gasteiger partial charge in [0.05, 0.1) is 33.9 Å². The summed E-state index contributed by atoms with van der Waals surface area (Å²) in [5.41, 5.74) is 0.204. The van der Waals surface area contributed by atoms with E-state index in [0.717, 1.165) is 28.9 Å². The van der Waals surface area contributed by atoms with Crippen molar-refractivity contribution in [2.75, 3.05) is 30.4 Å². The van der Waals surface area contributed by atoms with Gasteiger partial charge in [0.15, 0.2) is 5.72 Å². The van der Waals surface area contributed by atoms with E-state index in [1.54, 1.807) is 20.0 Å². The van der Waals surface area contributed by atoms with E-state index in [9.17, 15) is 15.3 Å². The molecule has 4 atom stereocenters. The molecule has 2 fully saturated rings. The maximum atomic E-state index is 11.5. The van der Waals surface area contributed by atoms with Crippen LogP contribution in [0.25, 0.3) is 20.8 Å². The van der Waals surface area contributed by atoms with Gasteiger partial charge in [-0.15, -0.1) is 11.3 Å². The second-order valence-electron chi connectivity index (χ2n) is 10.5. The third-order valence-electron chi connectivity index (χ3n) is 7.32. The van der Waals surface area contributed by atoms with Gasteiger partial charge < -0.3 is 30.7 Å². The van der Waals surface area contributed by atoms with Crippen molar-refractivity contribution in [3.63, 3.8) is 0 Å². The first-order valence-corrected chi connectivity index (χ1v) is 13.2. The molecule has 3 aromatic heterocycles. The van der Waals surface area contributed by atoms with Crippen LogP contribution in [0.15, 0.2) is 12.3 Å². The summed E-state index contributed by atoms with van der Waals surface area (Å²) in [7, 11) is 0. The number of aliphatic hydroxyl groups is 3. The molecule has 0 spiro atoms. The standard InChI is InChI=1S/C25H34N6O4S/c1-13-18(22-29-19-14(2)26-9-6-17(19)36-22)21(30-23(28-13)27-11-15-7-10-35-12-15)31-25(34)8-5-16(20(25)32)24(3,4)33/h6,9,15-16,20,32-34H,5,7-8,10-12H2,1-4H3,(H2,27,28,30,31). The Labute approximate surface area is 214 Å². The molecule has 5 N–H and O–H groups in total. The van der Waals surface area contributed by atoms with E-state index < -0.39 is 23.3 Å². The van der Waals surface area contributed by atoms with Crippen LogP contribution in [0, 0.1) is 25.7 Å². The molecular weight excluding hydrogens is 480 g/mol. The van der Waals surface area contributed by atoms with Crippen molar-refractivity contribution in [3.8, 4) is 10.6 Å². The minimum atomic E-state index is -1.66. The molecule has 0 amide bonds. The molecule has 0 aromatic carbocycles. The van der Waals surface area contributed by atoms with E-state index in [1.165, 1.54) is 11.3 Å². The molecule has 1 aliphatic heterocycles. The number of nitrogens with one attached hydrogen (secondary N) is 2. The number of nitrogens with zero attached hydrogens (tertiary/aromatic N) is 4. The van der Waals surface area contributed by atoms with Gasteiger partial charge >= 0.3 is 0 Å². The highest BCUT2D eigenvalue weighted by atomic mass is 32.1. The van der Waals surface area contributed by atoms with Crippen molar-refractivity contribution in [3.05, 3.63) is 23.7 Å². The summed E-state index contributed by atoms with van der Waals surface area (Å²) in [6.07, 6.45) is 2.28. The second-order valence-corrected chi connectivity index (χ2v) is 11.6. The minimum Gasteiger partial charge on any atom is -0.390 e. The van der Waals surface area contributed by atoms with Gasteiger partial charge in [0.1, 0.15) is 22.4 Å². The number of pyridine rings is 1. The fourth-order valence-corrected chi connectivity index (χ4v) is 6.27. The molecular formula is C25H34N6O4S. The molecule has 2 aliphatic rings. The highest BCUT2D eigenvalue weighted by Crippen LogP contribution is 2.43. The average Bonchev–Trinajstić information content (AvgIpc) is 3.52. The number of fused-ring (bicyclic) bond motifs is 1.